The van der Waals surface area contributed by atoms with E-state index >= 15 is 0 Å². The molecule has 8 nitrogen and oxygen atoms in total. The number of aromatic nitrogens is 3. The summed E-state index contributed by atoms with van der Waals surface area (Å²) in [5.41, 5.74) is 1.29. The molecule has 0 aliphatic heterocycles. The fourth-order valence-electron chi connectivity index (χ4n) is 2.48. The van der Waals surface area contributed by atoms with Gasteiger partial charge in [-0.05, 0) is 36.4 Å². The second-order valence-electron chi connectivity index (χ2n) is 5.78. The summed E-state index contributed by atoms with van der Waals surface area (Å²) in [5.74, 6) is -0.254. The van der Waals surface area contributed by atoms with Crippen LogP contribution < -0.4 is 5.32 Å². The molecule has 2 aromatic carbocycles. The molecule has 0 bridgehead atoms. The number of fused-ring (bicyclic) bond motifs is 1. The number of para-hydroxylation sites is 1. The van der Waals surface area contributed by atoms with Crippen molar-refractivity contribution in [3.05, 3.63) is 53.5 Å². The molecular formula is C18H14N4O4S2. The summed E-state index contributed by atoms with van der Waals surface area (Å²) in [6.07, 6.45) is 0. The Kier molecular flexibility index (Phi) is 4.65. The van der Waals surface area contributed by atoms with Gasteiger partial charge in [0.15, 0.2) is 14.8 Å². The average molecular weight is 414 g/mol. The van der Waals surface area contributed by atoms with Crippen LogP contribution in [0.5, 0.6) is 0 Å². The molecule has 142 valence electrons. The number of sulfone groups is 1. The zero-order chi connectivity index (χ0) is 19.7. The Labute approximate surface area is 164 Å². The van der Waals surface area contributed by atoms with Crippen molar-refractivity contribution in [2.75, 3.05) is 11.1 Å². The molecule has 28 heavy (non-hydrogen) atoms. The van der Waals surface area contributed by atoms with Gasteiger partial charge in [-0.25, -0.2) is 13.4 Å². The first kappa shape index (κ1) is 18.3. The lowest BCUT2D eigenvalue weighted by molar-refractivity contribution is 0.102. The third kappa shape index (κ3) is 3.51. The Morgan fingerprint density at radius 3 is 2.57 bits per heavy atom. The molecule has 0 atom stereocenters. The smallest absolute Gasteiger partial charge is 0.322 e. The van der Waals surface area contributed by atoms with Crippen molar-refractivity contribution < 1.29 is 17.6 Å². The predicted octanol–water partition coefficient (Wildman–Crippen LogP) is 3.39. The number of rotatable bonds is 5. The maximum Gasteiger partial charge on any atom is 0.322 e. The highest BCUT2D eigenvalue weighted by atomic mass is 32.2. The van der Waals surface area contributed by atoms with Gasteiger partial charge in [-0.2, -0.15) is 0 Å². The zero-order valence-corrected chi connectivity index (χ0v) is 16.3. The van der Waals surface area contributed by atoms with Gasteiger partial charge < -0.3 is 4.42 Å². The van der Waals surface area contributed by atoms with E-state index in [0.29, 0.717) is 5.56 Å². The van der Waals surface area contributed by atoms with Crippen LogP contribution in [0.1, 0.15) is 16.7 Å². The number of anilines is 1. The molecule has 0 aliphatic carbocycles. The fraction of sp³-hybridized carbons (Fsp3) is 0.111. The molecule has 10 heteroatoms. The molecule has 2 heterocycles. The molecule has 0 unspecified atom stereocenters. The highest BCUT2D eigenvalue weighted by molar-refractivity contribution is 7.91. The van der Waals surface area contributed by atoms with Crippen LogP contribution in [-0.2, 0) is 9.84 Å². The lowest BCUT2D eigenvalue weighted by atomic mass is 10.2. The Morgan fingerprint density at radius 2 is 1.86 bits per heavy atom. The quantitative estimate of drug-likeness (QED) is 0.532. The van der Waals surface area contributed by atoms with Gasteiger partial charge in [0.25, 0.3) is 5.91 Å². The summed E-state index contributed by atoms with van der Waals surface area (Å²) in [4.78, 5) is 16.9. The van der Waals surface area contributed by atoms with Crippen molar-refractivity contribution in [3.8, 4) is 11.5 Å². The second-order valence-corrected chi connectivity index (χ2v) is 9.09. The molecule has 0 radical (unpaired) electrons. The lowest BCUT2D eigenvalue weighted by Gasteiger charge is -2.01. The van der Waals surface area contributed by atoms with E-state index in [1.807, 2.05) is 24.3 Å². The second kappa shape index (κ2) is 7.13. The molecular weight excluding hydrogens is 400 g/mol. The van der Waals surface area contributed by atoms with E-state index in [9.17, 15) is 13.2 Å². The first-order valence-corrected chi connectivity index (χ1v) is 10.8. The Morgan fingerprint density at radius 1 is 1.11 bits per heavy atom. The fourth-order valence-corrected chi connectivity index (χ4v) is 4.23. The number of hydrogen-bond acceptors (Lipinski definition) is 8. The van der Waals surface area contributed by atoms with Gasteiger partial charge in [0.2, 0.25) is 5.89 Å². The molecule has 4 aromatic rings. The van der Waals surface area contributed by atoms with Crippen LogP contribution >= 0.6 is 11.3 Å². The van der Waals surface area contributed by atoms with E-state index in [-0.39, 0.29) is 27.6 Å². The average Bonchev–Trinajstić information content (AvgIpc) is 3.35. The topological polar surface area (TPSA) is 115 Å². The van der Waals surface area contributed by atoms with Crippen LogP contribution in [0.2, 0.25) is 0 Å². The molecule has 0 saturated carbocycles. The first-order valence-electron chi connectivity index (χ1n) is 8.30. The van der Waals surface area contributed by atoms with E-state index in [2.05, 4.69) is 20.5 Å². The maximum atomic E-state index is 12.4. The number of thiazole rings is 1. The van der Waals surface area contributed by atoms with Gasteiger partial charge in [0, 0.05) is 5.56 Å². The minimum atomic E-state index is -3.28. The van der Waals surface area contributed by atoms with Crippen LogP contribution in [0.15, 0.2) is 57.8 Å². The first-order chi connectivity index (χ1) is 13.5. The highest BCUT2D eigenvalue weighted by Gasteiger charge is 2.17. The number of benzene rings is 2. The van der Waals surface area contributed by atoms with Gasteiger partial charge in [-0.1, -0.05) is 24.2 Å². The van der Waals surface area contributed by atoms with Crippen LogP contribution in [-0.4, -0.2) is 35.3 Å². The van der Waals surface area contributed by atoms with E-state index in [0.717, 1.165) is 10.2 Å². The molecule has 0 fully saturated rings. The summed E-state index contributed by atoms with van der Waals surface area (Å²) < 4.78 is 30.1. The summed E-state index contributed by atoms with van der Waals surface area (Å²) in [7, 11) is -3.28. The van der Waals surface area contributed by atoms with Crippen molar-refractivity contribution in [3.63, 3.8) is 0 Å². The SMILES string of the molecule is CCS(=O)(=O)c1ccc(-c2nnc(NC(=O)c3nc4ccccc4s3)o2)cc1. The van der Waals surface area contributed by atoms with Gasteiger partial charge >= 0.3 is 6.01 Å². The van der Waals surface area contributed by atoms with E-state index in [1.165, 1.54) is 23.5 Å². The summed E-state index contributed by atoms with van der Waals surface area (Å²) in [6.45, 7) is 1.58. The minimum absolute atomic E-state index is 0.0227. The summed E-state index contributed by atoms with van der Waals surface area (Å²) in [6, 6.07) is 13.5. The minimum Gasteiger partial charge on any atom is -0.403 e. The molecule has 4 rings (SSSR count). The van der Waals surface area contributed by atoms with Crippen LogP contribution in [0, 0.1) is 0 Å². The van der Waals surface area contributed by atoms with Crippen molar-refractivity contribution in [1.29, 1.82) is 0 Å². The van der Waals surface area contributed by atoms with Crippen LogP contribution in [0.3, 0.4) is 0 Å². The van der Waals surface area contributed by atoms with Crippen molar-refractivity contribution in [1.82, 2.24) is 15.2 Å². The summed E-state index contributed by atoms with van der Waals surface area (Å²) in [5, 5.41) is 10.5. The number of carbonyl (C=O) groups excluding carboxylic acids is 1. The third-order valence-electron chi connectivity index (χ3n) is 3.97. The number of amides is 1. The molecule has 0 saturated heterocycles. The molecule has 1 amide bonds. The number of carbonyl (C=O) groups is 1. The Bertz CT molecular complexity index is 1230. The maximum absolute atomic E-state index is 12.4. The van der Waals surface area contributed by atoms with Crippen molar-refractivity contribution in [2.45, 2.75) is 11.8 Å². The van der Waals surface area contributed by atoms with Gasteiger partial charge in [0.1, 0.15) is 0 Å². The standard InChI is InChI=1S/C18H14N4O4S2/c1-2-28(24,25)12-9-7-11(8-10-12)16-21-22-18(26-16)20-15(23)17-19-13-5-3-4-6-14(13)27-17/h3-10H,2H2,1H3,(H,20,22,23). The third-order valence-corrected chi connectivity index (χ3v) is 6.76. The lowest BCUT2D eigenvalue weighted by Crippen LogP contribution is -2.11. The van der Waals surface area contributed by atoms with Gasteiger partial charge in [0.05, 0.1) is 20.9 Å². The Hall–Kier alpha value is -3.11. The van der Waals surface area contributed by atoms with Gasteiger partial charge in [-0.3, -0.25) is 10.1 Å². The highest BCUT2D eigenvalue weighted by Crippen LogP contribution is 2.24. The van der Waals surface area contributed by atoms with Gasteiger partial charge in [-0.15, -0.1) is 16.4 Å². The zero-order valence-electron chi connectivity index (χ0n) is 14.6. The normalized spacial score (nSPS) is 11.6. The molecule has 0 aliphatic rings. The van der Waals surface area contributed by atoms with E-state index < -0.39 is 15.7 Å². The van der Waals surface area contributed by atoms with Crippen LogP contribution in [0.4, 0.5) is 6.01 Å². The monoisotopic (exact) mass is 414 g/mol. The molecule has 0 spiro atoms. The van der Waals surface area contributed by atoms with E-state index in [1.54, 1.807) is 19.1 Å². The summed E-state index contributed by atoms with van der Waals surface area (Å²) >= 11 is 1.26. The largest absolute Gasteiger partial charge is 0.403 e. The number of hydrogen-bond donors (Lipinski definition) is 1. The van der Waals surface area contributed by atoms with Crippen molar-refractivity contribution >= 4 is 43.3 Å². The number of nitrogens with zero attached hydrogens (tertiary/aromatic N) is 3. The molecule has 1 N–H and O–H groups in total. The number of nitrogens with one attached hydrogen (secondary N) is 1. The van der Waals surface area contributed by atoms with Crippen LogP contribution in [0.25, 0.3) is 21.7 Å². The predicted molar refractivity (Wildman–Crippen MR) is 105 cm³/mol. The van der Waals surface area contributed by atoms with Crippen molar-refractivity contribution in [2.24, 2.45) is 0 Å². The Balaban J connectivity index is 1.52. The van der Waals surface area contributed by atoms with E-state index in [4.69, 9.17) is 4.42 Å². The molecule has 2 aromatic heterocycles.